The van der Waals surface area contributed by atoms with Crippen LogP contribution in [0.25, 0.3) is 0 Å². The first kappa shape index (κ1) is 16.9. The largest absolute Gasteiger partial charge is 0.467 e. The molecule has 1 amide bonds. The first-order valence-corrected chi connectivity index (χ1v) is 6.13. The minimum Gasteiger partial charge on any atom is -0.467 e. The lowest BCUT2D eigenvalue weighted by Gasteiger charge is -2.17. The zero-order valence-electron chi connectivity index (χ0n) is 11.3. The molecule has 4 N–H and O–H groups in total. The summed E-state index contributed by atoms with van der Waals surface area (Å²) < 4.78 is 4.34. The fourth-order valence-electron chi connectivity index (χ4n) is 1.69. The number of esters is 1. The Labute approximate surface area is 108 Å². The average molecular weight is 260 g/mol. The summed E-state index contributed by atoms with van der Waals surface area (Å²) in [6.45, 7) is 4.46. The molecule has 6 heteroatoms. The highest BCUT2D eigenvalue weighted by Gasteiger charge is 2.18. The summed E-state index contributed by atoms with van der Waals surface area (Å²) in [5.74, 6) is -0.366. The van der Waals surface area contributed by atoms with Gasteiger partial charge >= 0.3 is 5.97 Å². The van der Waals surface area contributed by atoms with Crippen molar-refractivity contribution in [2.75, 3.05) is 20.2 Å². The van der Waals surface area contributed by atoms with Gasteiger partial charge in [-0.3, -0.25) is 4.79 Å². The molecule has 0 saturated heterocycles. The van der Waals surface area contributed by atoms with Crippen molar-refractivity contribution >= 4 is 11.9 Å². The van der Waals surface area contributed by atoms with Gasteiger partial charge in [-0.1, -0.05) is 13.8 Å². The second-order valence-electron chi connectivity index (χ2n) is 4.78. The lowest BCUT2D eigenvalue weighted by Crippen LogP contribution is -2.38. The molecule has 0 aromatic heterocycles. The number of nitrogens with one attached hydrogen (secondary N) is 1. The van der Waals surface area contributed by atoms with E-state index in [1.165, 1.54) is 7.11 Å². The summed E-state index contributed by atoms with van der Waals surface area (Å²) >= 11 is 0. The van der Waals surface area contributed by atoms with Gasteiger partial charge in [-0.05, 0) is 24.8 Å². The molecule has 0 radical (unpaired) electrons. The van der Waals surface area contributed by atoms with Gasteiger partial charge < -0.3 is 20.9 Å². The summed E-state index contributed by atoms with van der Waals surface area (Å²) in [5, 5.41) is 11.8. The van der Waals surface area contributed by atoms with E-state index in [9.17, 15) is 14.7 Å². The second-order valence-corrected chi connectivity index (χ2v) is 4.78. The molecule has 0 heterocycles. The lowest BCUT2D eigenvalue weighted by molar-refractivity contribution is -0.150. The Kier molecular flexibility index (Phi) is 8.32. The van der Waals surface area contributed by atoms with E-state index in [1.54, 1.807) is 0 Å². The van der Waals surface area contributed by atoms with Crippen LogP contribution in [-0.2, 0) is 14.3 Å². The lowest BCUT2D eigenvalue weighted by atomic mass is 9.94. The highest BCUT2D eigenvalue weighted by Crippen LogP contribution is 2.13. The van der Waals surface area contributed by atoms with Crippen LogP contribution >= 0.6 is 0 Å². The van der Waals surface area contributed by atoms with E-state index in [-0.39, 0.29) is 18.4 Å². The minimum absolute atomic E-state index is 0.125. The maximum absolute atomic E-state index is 11.6. The van der Waals surface area contributed by atoms with Crippen LogP contribution < -0.4 is 11.1 Å². The highest BCUT2D eigenvalue weighted by molar-refractivity contribution is 5.78. The van der Waals surface area contributed by atoms with Crippen LogP contribution in [0.1, 0.15) is 26.7 Å². The molecule has 0 fully saturated rings. The van der Waals surface area contributed by atoms with Crippen LogP contribution in [0, 0.1) is 11.8 Å². The predicted molar refractivity (Wildman–Crippen MR) is 67.6 cm³/mol. The van der Waals surface area contributed by atoms with E-state index >= 15 is 0 Å². The molecular weight excluding hydrogens is 236 g/mol. The molecule has 0 rings (SSSR count). The number of rotatable bonds is 8. The fraction of sp³-hybridized carbons (Fsp3) is 0.833. The molecule has 106 valence electrons. The third kappa shape index (κ3) is 7.24. The first-order valence-electron chi connectivity index (χ1n) is 6.13. The van der Waals surface area contributed by atoms with Gasteiger partial charge in [0.1, 0.15) is 0 Å². The van der Waals surface area contributed by atoms with Crippen LogP contribution in [0.3, 0.4) is 0 Å². The molecule has 6 nitrogen and oxygen atoms in total. The molecule has 0 aliphatic heterocycles. The quantitative estimate of drug-likeness (QED) is 0.518. The Morgan fingerprint density at radius 1 is 1.39 bits per heavy atom. The van der Waals surface area contributed by atoms with E-state index < -0.39 is 12.1 Å². The van der Waals surface area contributed by atoms with Gasteiger partial charge in [0.15, 0.2) is 6.10 Å². The molecule has 0 bridgehead atoms. The highest BCUT2D eigenvalue weighted by atomic mass is 16.5. The number of amides is 1. The maximum atomic E-state index is 11.6. The number of hydrogen-bond acceptors (Lipinski definition) is 5. The number of carbonyl (C=O) groups is 2. The van der Waals surface area contributed by atoms with Crippen molar-refractivity contribution in [1.29, 1.82) is 0 Å². The number of aliphatic hydroxyl groups excluding tert-OH is 1. The Hall–Kier alpha value is -1.14. The van der Waals surface area contributed by atoms with Crippen LogP contribution in [0.4, 0.5) is 0 Å². The van der Waals surface area contributed by atoms with Gasteiger partial charge in [0.05, 0.1) is 13.7 Å². The third-order valence-corrected chi connectivity index (χ3v) is 2.58. The van der Waals surface area contributed by atoms with Crippen molar-refractivity contribution in [3.05, 3.63) is 0 Å². The summed E-state index contributed by atoms with van der Waals surface area (Å²) in [6, 6.07) is 0. The number of nitrogens with two attached hydrogens (primary N) is 1. The van der Waals surface area contributed by atoms with E-state index in [0.717, 1.165) is 6.42 Å². The molecule has 0 aliphatic rings. The second kappa shape index (κ2) is 8.88. The minimum atomic E-state index is -1.32. The smallest absolute Gasteiger partial charge is 0.336 e. The summed E-state index contributed by atoms with van der Waals surface area (Å²) in [6.07, 6.45) is -0.133. The molecule has 0 aromatic carbocycles. The molecule has 0 saturated carbocycles. The van der Waals surface area contributed by atoms with Crippen molar-refractivity contribution in [2.24, 2.45) is 17.6 Å². The molecule has 2 unspecified atom stereocenters. The Morgan fingerprint density at radius 3 is 2.44 bits per heavy atom. The van der Waals surface area contributed by atoms with Crippen LogP contribution in [0.2, 0.25) is 0 Å². The van der Waals surface area contributed by atoms with E-state index in [2.05, 4.69) is 23.9 Å². The topological polar surface area (TPSA) is 102 Å². The number of ether oxygens (including phenoxy) is 1. The number of methoxy groups -OCH3 is 1. The maximum Gasteiger partial charge on any atom is 0.336 e. The van der Waals surface area contributed by atoms with Crippen LogP contribution in [-0.4, -0.2) is 43.3 Å². The standard InChI is InChI=1S/C12H24N2O4/c1-8(2)4-9(6-13)5-11(16)14-7-10(15)12(17)18-3/h8-10,15H,4-7,13H2,1-3H3,(H,14,16). The SMILES string of the molecule is COC(=O)C(O)CNC(=O)CC(CN)CC(C)C. The van der Waals surface area contributed by atoms with Gasteiger partial charge in [-0.2, -0.15) is 0 Å². The van der Waals surface area contributed by atoms with Gasteiger partial charge in [0.2, 0.25) is 5.91 Å². The average Bonchev–Trinajstić information content (AvgIpc) is 2.33. The first-order chi connectivity index (χ1) is 8.40. The van der Waals surface area contributed by atoms with Gasteiger partial charge in [0.25, 0.3) is 0 Å². The van der Waals surface area contributed by atoms with Crippen molar-refractivity contribution < 1.29 is 19.4 Å². The monoisotopic (exact) mass is 260 g/mol. The zero-order chi connectivity index (χ0) is 14.1. The molecule has 2 atom stereocenters. The van der Waals surface area contributed by atoms with Crippen LogP contribution in [0.5, 0.6) is 0 Å². The Balaban J connectivity index is 3.98. The molecular formula is C12H24N2O4. The van der Waals surface area contributed by atoms with E-state index in [4.69, 9.17) is 5.73 Å². The van der Waals surface area contributed by atoms with Crippen LogP contribution in [0.15, 0.2) is 0 Å². The third-order valence-electron chi connectivity index (χ3n) is 2.58. The van der Waals surface area contributed by atoms with Crippen molar-refractivity contribution in [1.82, 2.24) is 5.32 Å². The predicted octanol–water partition coefficient (Wildman–Crippen LogP) is -0.352. The van der Waals surface area contributed by atoms with Crippen molar-refractivity contribution in [3.8, 4) is 0 Å². The summed E-state index contributed by atoms with van der Waals surface area (Å²) in [5.41, 5.74) is 5.59. The van der Waals surface area contributed by atoms with Gasteiger partial charge in [0, 0.05) is 6.42 Å². The Bertz CT molecular complexity index is 269. The van der Waals surface area contributed by atoms with Gasteiger partial charge in [-0.15, -0.1) is 0 Å². The van der Waals surface area contributed by atoms with Crippen molar-refractivity contribution in [2.45, 2.75) is 32.8 Å². The normalized spacial score (nSPS) is 14.1. The molecule has 0 spiro atoms. The molecule has 0 aromatic rings. The van der Waals surface area contributed by atoms with Gasteiger partial charge in [-0.25, -0.2) is 4.79 Å². The summed E-state index contributed by atoms with van der Waals surface area (Å²) in [4.78, 5) is 22.5. The fourth-order valence-corrected chi connectivity index (χ4v) is 1.69. The number of carbonyl (C=O) groups excluding carboxylic acids is 2. The van der Waals surface area contributed by atoms with E-state index in [0.29, 0.717) is 18.9 Å². The number of aliphatic hydroxyl groups is 1. The summed E-state index contributed by atoms with van der Waals surface area (Å²) in [7, 11) is 1.18. The van der Waals surface area contributed by atoms with E-state index in [1.807, 2.05) is 0 Å². The Morgan fingerprint density at radius 2 is 2.00 bits per heavy atom. The molecule has 0 aliphatic carbocycles. The van der Waals surface area contributed by atoms with Crippen molar-refractivity contribution in [3.63, 3.8) is 0 Å². The molecule has 18 heavy (non-hydrogen) atoms. The number of hydrogen-bond donors (Lipinski definition) is 3. The zero-order valence-corrected chi connectivity index (χ0v) is 11.3.